The number of ketones is 1. The first-order valence-electron chi connectivity index (χ1n) is 11.1. The molecule has 1 amide bonds. The SMILES string of the molecule is CC(C)(C)c1ccc(COc2ccc(C=C3SC(NC4=CC(=O)C([C]=O)C=C4)=NC3=O)cc2)cc1. The molecule has 35 heavy (non-hydrogen) atoms. The molecule has 0 fully saturated rings. The van der Waals surface area contributed by atoms with E-state index in [0.717, 1.165) is 16.9 Å². The summed E-state index contributed by atoms with van der Waals surface area (Å²) < 4.78 is 5.90. The smallest absolute Gasteiger partial charge is 0.286 e. The van der Waals surface area contributed by atoms with Gasteiger partial charge in [0.1, 0.15) is 18.3 Å². The maximum atomic E-state index is 12.3. The molecule has 1 unspecified atom stereocenters. The van der Waals surface area contributed by atoms with Gasteiger partial charge >= 0.3 is 0 Å². The van der Waals surface area contributed by atoms with Crippen LogP contribution in [-0.4, -0.2) is 23.1 Å². The second kappa shape index (κ2) is 10.3. The lowest BCUT2D eigenvalue weighted by Gasteiger charge is -2.19. The van der Waals surface area contributed by atoms with Gasteiger partial charge < -0.3 is 10.1 Å². The van der Waals surface area contributed by atoms with Crippen LogP contribution in [0.2, 0.25) is 0 Å². The van der Waals surface area contributed by atoms with Crippen molar-refractivity contribution < 1.29 is 19.1 Å². The third kappa shape index (κ3) is 6.25. The Morgan fingerprint density at radius 1 is 1.09 bits per heavy atom. The maximum absolute atomic E-state index is 12.3. The minimum Gasteiger partial charge on any atom is -0.489 e. The Bertz CT molecular complexity index is 1260. The number of hydrogen-bond donors (Lipinski definition) is 1. The van der Waals surface area contributed by atoms with Crippen LogP contribution >= 0.6 is 11.8 Å². The summed E-state index contributed by atoms with van der Waals surface area (Å²) in [6.45, 7) is 7.04. The fraction of sp³-hybridized carbons (Fsp3) is 0.214. The minimum absolute atomic E-state index is 0.118. The number of carbonyl (C=O) groups is 2. The molecule has 2 aliphatic rings. The van der Waals surface area contributed by atoms with Crippen LogP contribution in [0.1, 0.15) is 37.5 Å². The average Bonchev–Trinajstić information content (AvgIpc) is 3.16. The van der Waals surface area contributed by atoms with Gasteiger partial charge in [0, 0.05) is 11.8 Å². The van der Waals surface area contributed by atoms with Crippen LogP contribution in [0.25, 0.3) is 6.08 Å². The summed E-state index contributed by atoms with van der Waals surface area (Å²) in [5, 5.41) is 3.32. The summed E-state index contributed by atoms with van der Waals surface area (Å²) in [6, 6.07) is 15.9. The Balaban J connectivity index is 1.33. The fourth-order valence-electron chi connectivity index (χ4n) is 3.43. The van der Waals surface area contributed by atoms with Crippen molar-refractivity contribution in [1.82, 2.24) is 5.32 Å². The summed E-state index contributed by atoms with van der Waals surface area (Å²) in [5.74, 6) is -0.860. The van der Waals surface area contributed by atoms with Crippen LogP contribution < -0.4 is 10.1 Å². The largest absolute Gasteiger partial charge is 0.489 e. The van der Waals surface area contributed by atoms with Gasteiger partial charge in [0.15, 0.2) is 11.0 Å². The molecule has 1 atom stereocenters. The quantitative estimate of drug-likeness (QED) is 0.464. The van der Waals surface area contributed by atoms with Crippen LogP contribution in [0.5, 0.6) is 5.75 Å². The molecule has 1 aliphatic heterocycles. The first-order valence-corrected chi connectivity index (χ1v) is 12.0. The second-order valence-electron chi connectivity index (χ2n) is 9.22. The van der Waals surface area contributed by atoms with E-state index in [9.17, 15) is 14.4 Å². The molecule has 0 saturated carbocycles. The maximum Gasteiger partial charge on any atom is 0.286 e. The van der Waals surface area contributed by atoms with Gasteiger partial charge in [0.25, 0.3) is 5.91 Å². The van der Waals surface area contributed by atoms with Crippen molar-refractivity contribution in [1.29, 1.82) is 0 Å². The fourth-order valence-corrected chi connectivity index (χ4v) is 4.26. The standard InChI is InChI=1S/C28H25N2O4S/c1-28(2,3)21-9-4-19(5-10-21)17-34-23-12-6-18(7-13-23)14-25-26(33)30-27(35-25)29-22-11-8-20(16-31)24(32)15-22/h4-15,20H,17H2,1-3H3,(H,29,30,33). The van der Waals surface area contributed by atoms with Crippen LogP contribution in [0.15, 0.2) is 82.4 Å². The lowest BCUT2D eigenvalue weighted by atomic mass is 9.87. The summed E-state index contributed by atoms with van der Waals surface area (Å²) >= 11 is 1.19. The van der Waals surface area contributed by atoms with E-state index in [1.807, 2.05) is 24.3 Å². The first kappa shape index (κ1) is 24.4. The molecule has 177 valence electrons. The third-order valence-corrected chi connectivity index (χ3v) is 6.37. The van der Waals surface area contributed by atoms with E-state index in [1.165, 1.54) is 29.5 Å². The first-order chi connectivity index (χ1) is 16.7. The van der Waals surface area contributed by atoms with Crippen molar-refractivity contribution in [3.63, 3.8) is 0 Å². The molecule has 1 aliphatic carbocycles. The number of ether oxygens (including phenoxy) is 1. The van der Waals surface area contributed by atoms with Crippen LogP contribution in [-0.2, 0) is 26.4 Å². The number of benzene rings is 2. The zero-order valence-corrected chi connectivity index (χ0v) is 20.5. The van der Waals surface area contributed by atoms with E-state index in [2.05, 4.69) is 55.3 Å². The Hall–Kier alpha value is -3.71. The van der Waals surface area contributed by atoms with E-state index >= 15 is 0 Å². The Kier molecular flexibility index (Phi) is 7.17. The molecule has 0 aromatic heterocycles. The molecule has 2 aromatic rings. The van der Waals surface area contributed by atoms with Gasteiger partial charge in [-0.15, -0.1) is 0 Å². The van der Waals surface area contributed by atoms with Crippen LogP contribution in [0, 0.1) is 5.92 Å². The second-order valence-corrected chi connectivity index (χ2v) is 10.2. The minimum atomic E-state index is -0.878. The van der Waals surface area contributed by atoms with Gasteiger partial charge in [0.2, 0.25) is 6.29 Å². The Labute approximate surface area is 208 Å². The van der Waals surface area contributed by atoms with Crippen LogP contribution in [0.4, 0.5) is 0 Å². The topological polar surface area (TPSA) is 84.8 Å². The number of allylic oxidation sites excluding steroid dienone is 3. The van der Waals surface area contributed by atoms with Gasteiger partial charge in [-0.05, 0) is 58.2 Å². The van der Waals surface area contributed by atoms with E-state index in [1.54, 1.807) is 18.4 Å². The molecule has 0 spiro atoms. The predicted octanol–water partition coefficient (Wildman–Crippen LogP) is 4.87. The number of amidine groups is 1. The number of amides is 1. The highest BCUT2D eigenvalue weighted by molar-refractivity contribution is 8.18. The predicted molar refractivity (Wildman–Crippen MR) is 138 cm³/mol. The van der Waals surface area contributed by atoms with Gasteiger partial charge in [-0.1, -0.05) is 63.2 Å². The summed E-state index contributed by atoms with van der Waals surface area (Å²) in [5.41, 5.74) is 3.81. The number of rotatable bonds is 6. The Morgan fingerprint density at radius 3 is 2.43 bits per heavy atom. The van der Waals surface area contributed by atoms with Gasteiger partial charge in [0.05, 0.1) is 4.91 Å². The molecule has 1 heterocycles. The summed E-state index contributed by atoms with van der Waals surface area (Å²) in [7, 11) is 0. The Morgan fingerprint density at radius 2 is 1.80 bits per heavy atom. The van der Waals surface area contributed by atoms with E-state index in [0.29, 0.717) is 22.4 Å². The zero-order chi connectivity index (χ0) is 25.0. The van der Waals surface area contributed by atoms with Crippen LogP contribution in [0.3, 0.4) is 0 Å². The van der Waals surface area contributed by atoms with Gasteiger partial charge in [-0.25, -0.2) is 0 Å². The van der Waals surface area contributed by atoms with E-state index in [-0.39, 0.29) is 17.1 Å². The average molecular weight is 486 g/mol. The van der Waals surface area contributed by atoms with Crippen molar-refractivity contribution in [2.75, 3.05) is 0 Å². The van der Waals surface area contributed by atoms with Gasteiger partial charge in [-0.2, -0.15) is 4.99 Å². The molecule has 0 bridgehead atoms. The molecular weight excluding hydrogens is 460 g/mol. The number of nitrogens with zero attached hydrogens (tertiary/aromatic N) is 1. The lowest BCUT2D eigenvalue weighted by Crippen LogP contribution is -2.23. The molecule has 6 nitrogen and oxygen atoms in total. The molecule has 1 radical (unpaired) electrons. The number of thioether (sulfide) groups is 1. The number of hydrogen-bond acceptors (Lipinski definition) is 6. The number of aliphatic imine (C=N–C) groups is 1. The highest BCUT2D eigenvalue weighted by atomic mass is 32.2. The summed E-state index contributed by atoms with van der Waals surface area (Å²) in [4.78, 5) is 39.3. The van der Waals surface area contributed by atoms with Crippen molar-refractivity contribution in [2.24, 2.45) is 10.9 Å². The summed E-state index contributed by atoms with van der Waals surface area (Å²) in [6.07, 6.45) is 7.80. The van der Waals surface area contributed by atoms with Crippen molar-refractivity contribution >= 4 is 41.0 Å². The molecule has 7 heteroatoms. The number of carbonyl (C=O) groups excluding carboxylic acids is 3. The molecular formula is C28H25N2O4S. The monoisotopic (exact) mass is 485 g/mol. The molecule has 1 N–H and O–H groups in total. The third-order valence-electron chi connectivity index (χ3n) is 5.47. The lowest BCUT2D eigenvalue weighted by molar-refractivity contribution is -0.115. The highest BCUT2D eigenvalue weighted by Crippen LogP contribution is 2.29. The molecule has 2 aromatic carbocycles. The van der Waals surface area contributed by atoms with E-state index < -0.39 is 5.92 Å². The van der Waals surface area contributed by atoms with Crippen molar-refractivity contribution in [3.8, 4) is 5.75 Å². The zero-order valence-electron chi connectivity index (χ0n) is 19.7. The molecule has 0 saturated heterocycles. The number of nitrogens with one attached hydrogen (secondary N) is 1. The molecule has 4 rings (SSSR count). The highest BCUT2D eigenvalue weighted by Gasteiger charge is 2.24. The van der Waals surface area contributed by atoms with Crippen molar-refractivity contribution in [3.05, 3.63) is 94.1 Å². The van der Waals surface area contributed by atoms with Gasteiger partial charge in [-0.3, -0.25) is 14.4 Å². The normalized spacial score (nSPS) is 18.9. The van der Waals surface area contributed by atoms with Crippen molar-refractivity contribution in [2.45, 2.75) is 32.8 Å². The van der Waals surface area contributed by atoms with E-state index in [4.69, 9.17) is 4.74 Å².